The molecule has 6 rings (SSSR count). The van der Waals surface area contributed by atoms with Crippen molar-refractivity contribution in [1.29, 1.82) is 0 Å². The maximum absolute atomic E-state index is 15.0. The van der Waals surface area contributed by atoms with E-state index in [1.165, 1.54) is 7.11 Å². The van der Waals surface area contributed by atoms with Crippen LogP contribution >= 0.6 is 0 Å². The largest absolute Gasteiger partial charge is 0.481 e. The van der Waals surface area contributed by atoms with Crippen LogP contribution in [0.5, 0.6) is 0 Å². The molecule has 5 aliphatic carbocycles. The minimum atomic E-state index is -4.77. The topological polar surface area (TPSA) is 89.9 Å². The third kappa shape index (κ3) is 4.33. The number of ether oxygens (including phenoxy) is 2. The fraction of sp³-hybridized carbons (Fsp3) is 0.718. The molecule has 0 aromatic heterocycles. The molecule has 0 spiro atoms. The molecule has 9 heteroatoms. The first-order chi connectivity index (χ1) is 22.2. The summed E-state index contributed by atoms with van der Waals surface area (Å²) in [6.45, 7) is 17.1. The van der Waals surface area contributed by atoms with Gasteiger partial charge in [-0.3, -0.25) is 4.79 Å². The predicted octanol–water partition coefficient (Wildman–Crippen LogP) is 9.03. The Labute approximate surface area is 282 Å². The van der Waals surface area contributed by atoms with Gasteiger partial charge in [0.1, 0.15) is 0 Å². The van der Waals surface area contributed by atoms with Crippen molar-refractivity contribution < 1.29 is 42.1 Å². The van der Waals surface area contributed by atoms with Gasteiger partial charge in [0.25, 0.3) is 0 Å². The first-order valence-electron chi connectivity index (χ1n) is 17.5. The number of carbonyl (C=O) groups excluding carboxylic acids is 2. The van der Waals surface area contributed by atoms with Crippen molar-refractivity contribution >= 4 is 17.9 Å². The number of aliphatic carboxylic acids is 1. The molecule has 0 amide bonds. The van der Waals surface area contributed by atoms with E-state index in [4.69, 9.17) is 9.47 Å². The number of hydrogen-bond acceptors (Lipinski definition) is 5. The Morgan fingerprint density at radius 3 is 2.08 bits per heavy atom. The van der Waals surface area contributed by atoms with Crippen LogP contribution in [0, 0.1) is 51.2 Å². The molecule has 264 valence electrons. The van der Waals surface area contributed by atoms with Gasteiger partial charge in [-0.05, 0) is 133 Å². The summed E-state index contributed by atoms with van der Waals surface area (Å²) in [7, 11) is 2.26. The highest BCUT2D eigenvalue weighted by atomic mass is 19.4. The number of carboxylic acids is 1. The Bertz CT molecular complexity index is 1590. The third-order valence-electron chi connectivity index (χ3n) is 15.4. The van der Waals surface area contributed by atoms with Gasteiger partial charge in [-0.2, -0.15) is 13.2 Å². The van der Waals surface area contributed by atoms with Gasteiger partial charge in [-0.15, -0.1) is 0 Å². The van der Waals surface area contributed by atoms with Crippen LogP contribution in [0.1, 0.15) is 130 Å². The average molecular weight is 673 g/mol. The zero-order valence-corrected chi connectivity index (χ0v) is 29.7. The Morgan fingerprint density at radius 2 is 1.52 bits per heavy atom. The first kappa shape index (κ1) is 35.0. The van der Waals surface area contributed by atoms with E-state index >= 15 is 13.2 Å². The van der Waals surface area contributed by atoms with E-state index in [9.17, 15) is 19.5 Å². The standard InChI is InChI=1S/C39H51F3O6/c1-20(2)21-12-15-38(33(45)46)17-16-36(6)24(29(21)38)10-11-27-35(5)19-23-25(39(40,41)42)18-22(31(43)47-8)28(32(44)48-9)30(23)34(3,4)26(35)13-14-37(27,36)7/h18,21,24,26-27,29H,1,10-17,19H2,2-9H3,(H,45,46)/t21-,24+,26-,27+,29+,35-,36+,37+,38-/m0/s1. The quantitative estimate of drug-likeness (QED) is 0.254. The number of carboxylic acid groups (broad SMARTS) is 1. The van der Waals surface area contributed by atoms with Gasteiger partial charge in [0.2, 0.25) is 0 Å². The van der Waals surface area contributed by atoms with Gasteiger partial charge in [-0.25, -0.2) is 9.59 Å². The fourth-order valence-corrected chi connectivity index (χ4v) is 13.3. The smallest absolute Gasteiger partial charge is 0.416 e. The Morgan fingerprint density at radius 1 is 0.875 bits per heavy atom. The molecule has 5 aliphatic rings. The molecule has 0 unspecified atom stereocenters. The highest BCUT2D eigenvalue weighted by molar-refractivity contribution is 6.05. The predicted molar refractivity (Wildman–Crippen MR) is 174 cm³/mol. The van der Waals surface area contributed by atoms with Gasteiger partial charge in [0, 0.05) is 0 Å². The van der Waals surface area contributed by atoms with Crippen LogP contribution in [0.25, 0.3) is 0 Å². The van der Waals surface area contributed by atoms with Crippen molar-refractivity contribution in [3.8, 4) is 0 Å². The molecule has 0 heterocycles. The zero-order valence-electron chi connectivity index (χ0n) is 29.7. The summed E-state index contributed by atoms with van der Waals surface area (Å²) in [6, 6.07) is 0.793. The highest BCUT2D eigenvalue weighted by Crippen LogP contribution is 2.77. The summed E-state index contributed by atoms with van der Waals surface area (Å²) >= 11 is 0. The summed E-state index contributed by atoms with van der Waals surface area (Å²) in [5.41, 5.74) is -2.74. The summed E-state index contributed by atoms with van der Waals surface area (Å²) in [6.07, 6.45) is 1.45. The lowest BCUT2D eigenvalue weighted by atomic mass is 9.32. The molecule has 9 atom stereocenters. The van der Waals surface area contributed by atoms with E-state index in [0.29, 0.717) is 12.8 Å². The molecule has 1 aromatic carbocycles. The number of carbonyl (C=O) groups is 3. The number of benzene rings is 1. The maximum Gasteiger partial charge on any atom is 0.416 e. The SMILES string of the molecule is C=C(C)[C@@H]1CC[C@]2(C(=O)O)CC[C@]3(C)[C@H](CC[C@@H]4[C@@]5(C)Cc6c(C(F)(F)F)cc(C(=O)OC)c(C(=O)OC)c6C(C)(C)[C@@H]5CC[C@]43C)[C@@H]12. The van der Waals surface area contributed by atoms with E-state index in [1.807, 2.05) is 20.8 Å². The van der Waals surface area contributed by atoms with E-state index < -0.39 is 51.5 Å². The van der Waals surface area contributed by atoms with Gasteiger partial charge in [0.15, 0.2) is 0 Å². The van der Waals surface area contributed by atoms with Gasteiger partial charge < -0.3 is 14.6 Å². The minimum absolute atomic E-state index is 0.00531. The van der Waals surface area contributed by atoms with E-state index in [-0.39, 0.29) is 63.5 Å². The highest BCUT2D eigenvalue weighted by Gasteiger charge is 2.72. The molecular weight excluding hydrogens is 621 g/mol. The fourth-order valence-electron chi connectivity index (χ4n) is 13.3. The average Bonchev–Trinajstić information content (AvgIpc) is 3.40. The molecule has 1 aromatic rings. The van der Waals surface area contributed by atoms with Crippen LogP contribution < -0.4 is 0 Å². The summed E-state index contributed by atoms with van der Waals surface area (Å²) in [5.74, 6) is -2.24. The van der Waals surface area contributed by atoms with Gasteiger partial charge in [-0.1, -0.05) is 46.8 Å². The van der Waals surface area contributed by atoms with Crippen LogP contribution in [-0.4, -0.2) is 37.2 Å². The number of methoxy groups -OCH3 is 2. The van der Waals surface area contributed by atoms with Gasteiger partial charge >= 0.3 is 24.1 Å². The molecule has 4 fully saturated rings. The second-order valence-electron chi connectivity index (χ2n) is 17.2. The van der Waals surface area contributed by atoms with E-state index in [2.05, 4.69) is 27.4 Å². The number of allylic oxidation sites excluding steroid dienone is 1. The maximum atomic E-state index is 15.0. The minimum Gasteiger partial charge on any atom is -0.481 e. The first-order valence-corrected chi connectivity index (χ1v) is 17.5. The van der Waals surface area contributed by atoms with Crippen LogP contribution in [-0.2, 0) is 32.3 Å². The number of fused-ring (bicyclic) bond motifs is 8. The molecule has 0 bridgehead atoms. The summed E-state index contributed by atoms with van der Waals surface area (Å²) < 4.78 is 55.1. The molecule has 1 N–H and O–H groups in total. The van der Waals surface area contributed by atoms with Crippen molar-refractivity contribution in [2.75, 3.05) is 14.2 Å². The Hall–Kier alpha value is -2.84. The summed E-state index contributed by atoms with van der Waals surface area (Å²) in [5, 5.41) is 10.7. The zero-order chi connectivity index (χ0) is 35.6. The number of rotatable bonds is 4. The van der Waals surface area contributed by atoms with Crippen molar-refractivity contribution in [3.05, 3.63) is 46.0 Å². The van der Waals surface area contributed by atoms with Crippen molar-refractivity contribution in [2.24, 2.45) is 51.2 Å². The Balaban J connectivity index is 1.53. The lowest BCUT2D eigenvalue weighted by Gasteiger charge is -2.72. The molecule has 0 saturated heterocycles. The van der Waals surface area contributed by atoms with Gasteiger partial charge in [0.05, 0.1) is 36.3 Å². The van der Waals surface area contributed by atoms with Crippen LogP contribution in [0.3, 0.4) is 0 Å². The van der Waals surface area contributed by atoms with Crippen molar-refractivity contribution in [1.82, 2.24) is 0 Å². The molecule has 0 aliphatic heterocycles. The lowest BCUT2D eigenvalue weighted by molar-refractivity contribution is -0.228. The molecular formula is C39H51F3O6. The second kappa shape index (κ2) is 10.8. The third-order valence-corrected chi connectivity index (χ3v) is 15.4. The summed E-state index contributed by atoms with van der Waals surface area (Å²) in [4.78, 5) is 39.3. The number of hydrogen-bond donors (Lipinski definition) is 1. The molecule has 0 radical (unpaired) electrons. The van der Waals surface area contributed by atoms with Crippen molar-refractivity contribution in [2.45, 2.75) is 111 Å². The normalized spacial score (nSPS) is 39.5. The van der Waals surface area contributed by atoms with E-state index in [1.54, 1.807) is 0 Å². The number of alkyl halides is 3. The monoisotopic (exact) mass is 672 g/mol. The van der Waals surface area contributed by atoms with Crippen LogP contribution in [0.2, 0.25) is 0 Å². The van der Waals surface area contributed by atoms with E-state index in [0.717, 1.165) is 57.3 Å². The molecule has 6 nitrogen and oxygen atoms in total. The number of esters is 2. The lowest BCUT2D eigenvalue weighted by Crippen LogP contribution is -2.67. The number of halogens is 3. The second-order valence-corrected chi connectivity index (χ2v) is 17.2. The van der Waals surface area contributed by atoms with Crippen molar-refractivity contribution in [3.63, 3.8) is 0 Å². The van der Waals surface area contributed by atoms with Crippen LogP contribution in [0.4, 0.5) is 13.2 Å². The van der Waals surface area contributed by atoms with Crippen LogP contribution in [0.15, 0.2) is 18.2 Å². The Kier molecular flexibility index (Phi) is 7.90. The molecule has 48 heavy (non-hydrogen) atoms. The molecule has 4 saturated carbocycles.